The number of methoxy groups -OCH3 is 2. The highest BCUT2D eigenvalue weighted by atomic mass is 16.6. The number of nitrogens with zero attached hydrogens (tertiary/aromatic N) is 4. The van der Waals surface area contributed by atoms with E-state index in [0.29, 0.717) is 73.1 Å². The Morgan fingerprint density at radius 3 is 1.03 bits per heavy atom. The molecule has 470 valence electrons. The Bertz CT molecular complexity index is 4110. The van der Waals surface area contributed by atoms with Crippen LogP contribution < -0.4 is 37.1 Å². The lowest BCUT2D eigenvalue weighted by Gasteiger charge is -2.19. The zero-order chi connectivity index (χ0) is 65.9. The van der Waals surface area contributed by atoms with E-state index in [-0.39, 0.29) is 55.0 Å². The van der Waals surface area contributed by atoms with Crippen LogP contribution in [0.2, 0.25) is 0 Å². The van der Waals surface area contributed by atoms with Gasteiger partial charge in [-0.1, -0.05) is 30.3 Å². The number of rotatable bonds is 17. The Kier molecular flexibility index (Phi) is 21.3. The third kappa shape index (κ3) is 18.6. The minimum Gasteiger partial charge on any atom is -0.508 e. The molecule has 4 aromatic heterocycles. The molecule has 9 rings (SSSR count). The van der Waals surface area contributed by atoms with Crippen molar-refractivity contribution < 1.29 is 77.0 Å². The number of phenols is 1. The molecule has 0 saturated carbocycles. The number of phenolic OH excluding ortho intramolecular Hbond substituents is 1. The predicted octanol–water partition coefficient (Wildman–Crippen LogP) is 8.37. The van der Waals surface area contributed by atoms with Gasteiger partial charge in [0.15, 0.2) is 0 Å². The Morgan fingerprint density at radius 1 is 0.416 bits per heavy atom. The van der Waals surface area contributed by atoms with Gasteiger partial charge in [0.2, 0.25) is 0 Å². The molecule has 4 amide bonds. The number of aliphatic carboxylic acids is 1. The van der Waals surface area contributed by atoms with Gasteiger partial charge in [0.05, 0.1) is 36.5 Å². The van der Waals surface area contributed by atoms with Crippen molar-refractivity contribution >= 4 is 91.1 Å². The molecule has 24 nitrogen and oxygen atoms in total. The lowest BCUT2D eigenvalue weighted by molar-refractivity contribution is -0.156. The summed E-state index contributed by atoms with van der Waals surface area (Å²) in [6.45, 7) is 16.3. The number of aromatic nitrogens is 4. The van der Waals surface area contributed by atoms with Crippen LogP contribution in [0.5, 0.6) is 23.0 Å². The topological polar surface area (TPSA) is 356 Å². The third-order valence-corrected chi connectivity index (χ3v) is 12.7. The number of hydrogen-bond acceptors (Lipinski definition) is 15. The first-order valence-electron chi connectivity index (χ1n) is 27.7. The molecule has 0 unspecified atom stereocenters. The first-order valence-corrected chi connectivity index (χ1v) is 27.7. The van der Waals surface area contributed by atoms with Crippen LogP contribution in [0.15, 0.2) is 128 Å². The standard InChI is InChI=1S/C22H24N2O4.C16H20N2O4.C15H18N2O4.C12H12N2O4/c1-22(2,3)28-20(25)13-24-12-18(21(23)26)17-11-16(9-10-19(17)24)27-14-15-7-5-4-6-8-15;1-16(2,3)22-14(19)9-18-8-12(15(17)20)11-7-10(21-4)5-6-13(11)18;1-15(2,3)21-13(19)8-17-7-11(14(16)20)10-6-9(18)4-5-12(10)17;1-18-7-2-3-10-8(4-7)9(12(13)17)5-14(10)6-11(15)16/h4-12H,13-14H2,1-3H3,(H2,23,26);5-8H,9H2,1-4H3,(H2,17,20);4-7,18H,8H2,1-3H3,(H2,16,20);2-5H,6H2,1H3,(H2,13,17)(H,15,16). The minimum absolute atomic E-state index is 0.00732. The van der Waals surface area contributed by atoms with Gasteiger partial charge in [0, 0.05) is 68.4 Å². The number of esters is 3. The minimum atomic E-state index is -0.987. The van der Waals surface area contributed by atoms with E-state index in [1.54, 1.807) is 123 Å². The number of hydrogen-bond donors (Lipinski definition) is 6. The molecule has 0 radical (unpaired) electrons. The maximum Gasteiger partial charge on any atom is 0.326 e. The third-order valence-electron chi connectivity index (χ3n) is 12.7. The average Bonchev–Trinajstić information content (AvgIpc) is 1.75. The first kappa shape index (κ1) is 67.3. The van der Waals surface area contributed by atoms with E-state index in [9.17, 15) is 43.5 Å². The lowest BCUT2D eigenvalue weighted by Crippen LogP contribution is -2.26. The predicted molar refractivity (Wildman–Crippen MR) is 333 cm³/mol. The van der Waals surface area contributed by atoms with Gasteiger partial charge in [-0.05, 0) is 141 Å². The number of primary amides is 4. The normalized spacial score (nSPS) is 11.3. The highest BCUT2D eigenvalue weighted by Crippen LogP contribution is 2.31. The van der Waals surface area contributed by atoms with E-state index >= 15 is 0 Å². The maximum absolute atomic E-state index is 12.2. The molecule has 0 aliphatic heterocycles. The monoisotopic (exact) mass is 1220 g/mol. The molecule has 0 aliphatic carbocycles. The Hall–Kier alpha value is -10.8. The number of carbonyl (C=O) groups is 8. The second-order valence-electron chi connectivity index (χ2n) is 23.2. The van der Waals surface area contributed by atoms with Gasteiger partial charge in [0.1, 0.15) is 72.6 Å². The zero-order valence-electron chi connectivity index (χ0n) is 51.4. The number of benzene rings is 5. The molecule has 0 aliphatic rings. The van der Waals surface area contributed by atoms with E-state index in [1.165, 1.54) is 36.2 Å². The average molecular weight is 1220 g/mol. The quantitative estimate of drug-likeness (QED) is 0.0368. The van der Waals surface area contributed by atoms with E-state index in [2.05, 4.69) is 0 Å². The summed E-state index contributed by atoms with van der Waals surface area (Å²) < 4.78 is 38.4. The van der Waals surface area contributed by atoms with E-state index in [1.807, 2.05) is 63.2 Å². The molecule has 0 atom stereocenters. The van der Waals surface area contributed by atoms with E-state index in [0.717, 1.165) is 11.1 Å². The largest absolute Gasteiger partial charge is 0.508 e. The number of carboxylic acids is 1. The summed E-state index contributed by atoms with van der Waals surface area (Å²) in [4.78, 5) is 93.1. The lowest BCUT2D eigenvalue weighted by atomic mass is 10.1. The number of amides is 4. The fourth-order valence-electron chi connectivity index (χ4n) is 9.19. The number of aromatic hydroxyl groups is 1. The van der Waals surface area contributed by atoms with Crippen LogP contribution in [0.25, 0.3) is 43.6 Å². The molecule has 10 N–H and O–H groups in total. The summed E-state index contributed by atoms with van der Waals surface area (Å²) in [5, 5.41) is 20.7. The molecule has 0 fully saturated rings. The molecule has 24 heteroatoms. The van der Waals surface area contributed by atoms with Crippen molar-refractivity contribution in [2.45, 2.75) is 112 Å². The molecule has 0 saturated heterocycles. The summed E-state index contributed by atoms with van der Waals surface area (Å²) >= 11 is 0. The zero-order valence-corrected chi connectivity index (χ0v) is 51.4. The second-order valence-corrected chi connectivity index (χ2v) is 23.2. The van der Waals surface area contributed by atoms with Crippen LogP contribution in [0.3, 0.4) is 0 Å². The molecule has 0 spiro atoms. The van der Waals surface area contributed by atoms with Crippen LogP contribution in [-0.2, 0) is 66.2 Å². The molecular weight excluding hydrogens is 1150 g/mol. The van der Waals surface area contributed by atoms with Gasteiger partial charge in [-0.2, -0.15) is 0 Å². The fraction of sp³-hybridized carbons (Fsp3) is 0.292. The van der Waals surface area contributed by atoms with Crippen LogP contribution >= 0.6 is 0 Å². The number of carbonyl (C=O) groups excluding carboxylic acids is 7. The van der Waals surface area contributed by atoms with Crippen molar-refractivity contribution in [3.8, 4) is 23.0 Å². The second kappa shape index (κ2) is 28.2. The van der Waals surface area contributed by atoms with Gasteiger partial charge >= 0.3 is 23.9 Å². The van der Waals surface area contributed by atoms with Gasteiger partial charge in [0.25, 0.3) is 23.6 Å². The van der Waals surface area contributed by atoms with Crippen molar-refractivity contribution in [3.05, 3.63) is 156 Å². The van der Waals surface area contributed by atoms with Crippen molar-refractivity contribution in [1.82, 2.24) is 18.3 Å². The highest BCUT2D eigenvalue weighted by molar-refractivity contribution is 6.09. The van der Waals surface area contributed by atoms with Crippen molar-refractivity contribution in [3.63, 3.8) is 0 Å². The Balaban J connectivity index is 0.000000192. The van der Waals surface area contributed by atoms with Gasteiger partial charge < -0.3 is 79.8 Å². The summed E-state index contributed by atoms with van der Waals surface area (Å²) in [5.41, 5.74) is 24.8. The molecule has 0 bridgehead atoms. The SMILES string of the molecule is CC(C)(C)OC(=O)Cn1cc(C(N)=O)c2cc(O)ccc21.CC(C)(C)OC(=O)Cn1cc(C(N)=O)c2cc(OCc3ccccc3)ccc21.COc1ccc2c(c1)c(C(N)=O)cn2CC(=O)O.COc1ccc2c(c1)c(C(N)=O)cn2CC(=O)OC(C)(C)C. The maximum atomic E-state index is 12.2. The van der Waals surface area contributed by atoms with Crippen molar-refractivity contribution in [1.29, 1.82) is 0 Å². The van der Waals surface area contributed by atoms with E-state index in [4.69, 9.17) is 56.5 Å². The molecule has 89 heavy (non-hydrogen) atoms. The molecule has 4 heterocycles. The number of ether oxygens (including phenoxy) is 6. The number of nitrogens with two attached hydrogens (primary N) is 4. The Morgan fingerprint density at radius 2 is 0.719 bits per heavy atom. The van der Waals surface area contributed by atoms with Crippen LogP contribution in [0.4, 0.5) is 0 Å². The first-order chi connectivity index (χ1) is 41.6. The van der Waals surface area contributed by atoms with Crippen molar-refractivity contribution in [2.24, 2.45) is 22.9 Å². The van der Waals surface area contributed by atoms with Gasteiger partial charge in [-0.15, -0.1) is 0 Å². The smallest absolute Gasteiger partial charge is 0.326 e. The fourth-order valence-corrected chi connectivity index (χ4v) is 9.19. The van der Waals surface area contributed by atoms with Crippen LogP contribution in [0.1, 0.15) is 109 Å². The summed E-state index contributed by atoms with van der Waals surface area (Å²) in [6.07, 6.45) is 6.09. The van der Waals surface area contributed by atoms with Gasteiger partial charge in [-0.25, -0.2) is 0 Å². The number of fused-ring (bicyclic) bond motifs is 4. The Labute approximate surface area is 512 Å². The van der Waals surface area contributed by atoms with Crippen LogP contribution in [-0.4, -0.2) is 107 Å². The summed E-state index contributed by atoms with van der Waals surface area (Å²) in [7, 11) is 3.06. The molecule has 5 aromatic carbocycles. The summed E-state index contributed by atoms with van der Waals surface area (Å²) in [5.74, 6) is -2.65. The molecule has 9 aromatic rings. The summed E-state index contributed by atoms with van der Waals surface area (Å²) in [6, 6.07) is 30.1. The highest BCUT2D eigenvalue weighted by Gasteiger charge is 2.24. The van der Waals surface area contributed by atoms with Crippen LogP contribution in [0, 0.1) is 0 Å². The number of carboxylic acid groups (broad SMARTS) is 1. The van der Waals surface area contributed by atoms with Gasteiger partial charge in [-0.3, -0.25) is 38.4 Å². The van der Waals surface area contributed by atoms with Crippen molar-refractivity contribution in [2.75, 3.05) is 14.2 Å². The molecular formula is C65H74N8O16. The van der Waals surface area contributed by atoms with E-state index < -0.39 is 52.4 Å².